The molecule has 1 nitrogen and oxygen atoms in total. The number of rotatable bonds is 3. The first-order valence-electron chi connectivity index (χ1n) is 7.06. The first-order valence-corrected chi connectivity index (χ1v) is 7.44. The summed E-state index contributed by atoms with van der Waals surface area (Å²) < 4.78 is 13.8. The Morgan fingerprint density at radius 1 is 1.37 bits per heavy atom. The predicted molar refractivity (Wildman–Crippen MR) is 76.9 cm³/mol. The van der Waals surface area contributed by atoms with E-state index in [9.17, 15) is 9.50 Å². The molecule has 1 aliphatic carbocycles. The van der Waals surface area contributed by atoms with E-state index in [0.717, 1.165) is 25.7 Å². The monoisotopic (exact) mass is 284 g/mol. The lowest BCUT2D eigenvalue weighted by atomic mass is 9.72. The zero-order valence-corrected chi connectivity index (χ0v) is 12.4. The smallest absolute Gasteiger partial charge is 0.127 e. The third-order valence-electron chi connectivity index (χ3n) is 4.47. The van der Waals surface area contributed by atoms with Gasteiger partial charge in [-0.15, -0.1) is 0 Å². The van der Waals surface area contributed by atoms with Crippen LogP contribution in [0.25, 0.3) is 0 Å². The molecule has 0 aromatic heterocycles. The van der Waals surface area contributed by atoms with Gasteiger partial charge in [0.2, 0.25) is 0 Å². The molecule has 3 heteroatoms. The minimum Gasteiger partial charge on any atom is -0.390 e. The van der Waals surface area contributed by atoms with Crippen LogP contribution in [0, 0.1) is 17.7 Å². The van der Waals surface area contributed by atoms with Crippen LogP contribution in [0.15, 0.2) is 18.2 Å². The standard InChI is InChI=1S/C16H22ClFO/c1-11(2)12-6-8-16(19,9-7-12)10-13-14(17)4-3-5-15(13)18/h3-5,11-12,19H,6-10H2,1-2H3. The average molecular weight is 285 g/mol. The van der Waals surface area contributed by atoms with Crippen LogP contribution in [0.1, 0.15) is 45.1 Å². The lowest BCUT2D eigenvalue weighted by molar-refractivity contribution is -0.0152. The van der Waals surface area contributed by atoms with Crippen molar-refractivity contribution in [2.24, 2.45) is 11.8 Å². The van der Waals surface area contributed by atoms with E-state index in [1.54, 1.807) is 12.1 Å². The topological polar surface area (TPSA) is 20.2 Å². The first-order chi connectivity index (χ1) is 8.91. The van der Waals surface area contributed by atoms with Crippen LogP contribution in [0.4, 0.5) is 4.39 Å². The molecular weight excluding hydrogens is 263 g/mol. The van der Waals surface area contributed by atoms with Gasteiger partial charge in [-0.05, 0) is 49.7 Å². The molecule has 0 bridgehead atoms. The molecule has 1 fully saturated rings. The fraction of sp³-hybridized carbons (Fsp3) is 0.625. The number of hydrogen-bond acceptors (Lipinski definition) is 1. The van der Waals surface area contributed by atoms with Gasteiger partial charge in [0.05, 0.1) is 5.60 Å². The van der Waals surface area contributed by atoms with E-state index in [0.29, 0.717) is 28.8 Å². The van der Waals surface area contributed by atoms with Crippen LogP contribution in [0.2, 0.25) is 5.02 Å². The van der Waals surface area contributed by atoms with Crippen LogP contribution in [0.3, 0.4) is 0 Å². The summed E-state index contributed by atoms with van der Waals surface area (Å²) >= 11 is 6.04. The molecule has 0 saturated heterocycles. The minimum atomic E-state index is -0.794. The second-order valence-corrected chi connectivity index (χ2v) is 6.59. The third-order valence-corrected chi connectivity index (χ3v) is 4.83. The van der Waals surface area contributed by atoms with Crippen molar-refractivity contribution in [1.29, 1.82) is 0 Å². The normalized spacial score (nSPS) is 27.8. The molecule has 106 valence electrons. The Kier molecular flexibility index (Phi) is 4.52. The Labute approximate surface area is 119 Å². The zero-order valence-electron chi connectivity index (χ0n) is 11.6. The van der Waals surface area contributed by atoms with Crippen molar-refractivity contribution in [2.75, 3.05) is 0 Å². The third kappa shape index (κ3) is 3.49. The van der Waals surface area contributed by atoms with Gasteiger partial charge in [-0.1, -0.05) is 31.5 Å². The average Bonchev–Trinajstić information content (AvgIpc) is 2.35. The Hall–Kier alpha value is -0.600. The molecule has 2 rings (SSSR count). The fourth-order valence-electron chi connectivity index (χ4n) is 3.05. The summed E-state index contributed by atoms with van der Waals surface area (Å²) in [6.07, 6.45) is 3.82. The summed E-state index contributed by atoms with van der Waals surface area (Å²) in [7, 11) is 0. The molecule has 1 N–H and O–H groups in total. The zero-order chi connectivity index (χ0) is 14.0. The van der Waals surface area contributed by atoms with E-state index in [1.165, 1.54) is 6.07 Å². The Bertz CT molecular complexity index is 416. The molecular formula is C16H22ClFO. The van der Waals surface area contributed by atoms with Crippen molar-refractivity contribution in [1.82, 2.24) is 0 Å². The molecule has 1 aliphatic rings. The van der Waals surface area contributed by atoms with Gasteiger partial charge in [-0.25, -0.2) is 4.39 Å². The largest absolute Gasteiger partial charge is 0.390 e. The minimum absolute atomic E-state index is 0.313. The van der Waals surface area contributed by atoms with Crippen molar-refractivity contribution in [3.8, 4) is 0 Å². The van der Waals surface area contributed by atoms with E-state index in [2.05, 4.69) is 13.8 Å². The summed E-state index contributed by atoms with van der Waals surface area (Å²) in [5.74, 6) is 1.02. The molecule has 1 saturated carbocycles. The molecule has 1 aromatic rings. The van der Waals surface area contributed by atoms with E-state index in [-0.39, 0.29) is 5.82 Å². The van der Waals surface area contributed by atoms with Crippen LogP contribution in [0.5, 0.6) is 0 Å². The number of benzene rings is 1. The Morgan fingerprint density at radius 2 is 2.00 bits per heavy atom. The number of aliphatic hydroxyl groups is 1. The Morgan fingerprint density at radius 3 is 2.53 bits per heavy atom. The van der Waals surface area contributed by atoms with Gasteiger partial charge < -0.3 is 5.11 Å². The maximum absolute atomic E-state index is 13.8. The van der Waals surface area contributed by atoms with Gasteiger partial charge in [-0.3, -0.25) is 0 Å². The van der Waals surface area contributed by atoms with Crippen LogP contribution in [-0.2, 0) is 6.42 Å². The van der Waals surface area contributed by atoms with Crippen molar-refractivity contribution < 1.29 is 9.50 Å². The van der Waals surface area contributed by atoms with E-state index in [4.69, 9.17) is 11.6 Å². The number of hydrogen-bond donors (Lipinski definition) is 1. The highest BCUT2D eigenvalue weighted by Crippen LogP contribution is 2.38. The van der Waals surface area contributed by atoms with Crippen molar-refractivity contribution in [2.45, 2.75) is 51.6 Å². The molecule has 0 radical (unpaired) electrons. The molecule has 0 amide bonds. The van der Waals surface area contributed by atoms with Gasteiger partial charge in [-0.2, -0.15) is 0 Å². The summed E-state index contributed by atoms with van der Waals surface area (Å²) in [5, 5.41) is 11.1. The van der Waals surface area contributed by atoms with Crippen LogP contribution < -0.4 is 0 Å². The van der Waals surface area contributed by atoms with Crippen molar-refractivity contribution >= 4 is 11.6 Å². The molecule has 0 heterocycles. The molecule has 19 heavy (non-hydrogen) atoms. The van der Waals surface area contributed by atoms with E-state index >= 15 is 0 Å². The van der Waals surface area contributed by atoms with Crippen molar-refractivity contribution in [3.05, 3.63) is 34.6 Å². The predicted octanol–water partition coefficient (Wildman–Crippen LogP) is 4.60. The van der Waals surface area contributed by atoms with Gasteiger partial charge >= 0.3 is 0 Å². The highest BCUT2D eigenvalue weighted by atomic mass is 35.5. The molecule has 1 aromatic carbocycles. The van der Waals surface area contributed by atoms with Gasteiger partial charge in [0.15, 0.2) is 0 Å². The second kappa shape index (κ2) is 5.80. The highest BCUT2D eigenvalue weighted by molar-refractivity contribution is 6.31. The van der Waals surface area contributed by atoms with Gasteiger partial charge in [0.1, 0.15) is 5.82 Å². The fourth-order valence-corrected chi connectivity index (χ4v) is 3.28. The lowest BCUT2D eigenvalue weighted by Gasteiger charge is -2.37. The molecule has 0 unspecified atom stereocenters. The molecule has 0 spiro atoms. The summed E-state index contributed by atoms with van der Waals surface area (Å²) in [6, 6.07) is 4.69. The SMILES string of the molecule is CC(C)C1CCC(O)(Cc2c(F)cccc2Cl)CC1. The summed E-state index contributed by atoms with van der Waals surface area (Å²) in [5.41, 5.74) is -0.341. The lowest BCUT2D eigenvalue weighted by Crippen LogP contribution is -2.37. The quantitative estimate of drug-likeness (QED) is 0.860. The highest BCUT2D eigenvalue weighted by Gasteiger charge is 2.35. The maximum Gasteiger partial charge on any atom is 0.127 e. The number of halogens is 2. The van der Waals surface area contributed by atoms with E-state index < -0.39 is 5.60 Å². The molecule has 0 aliphatic heterocycles. The van der Waals surface area contributed by atoms with Gasteiger partial charge in [0, 0.05) is 17.0 Å². The summed E-state index contributed by atoms with van der Waals surface area (Å²) in [6.45, 7) is 4.45. The molecule has 0 atom stereocenters. The van der Waals surface area contributed by atoms with Crippen LogP contribution >= 0.6 is 11.6 Å². The Balaban J connectivity index is 2.07. The van der Waals surface area contributed by atoms with Crippen LogP contribution in [-0.4, -0.2) is 10.7 Å². The van der Waals surface area contributed by atoms with E-state index in [1.807, 2.05) is 0 Å². The maximum atomic E-state index is 13.8. The van der Waals surface area contributed by atoms with Crippen molar-refractivity contribution in [3.63, 3.8) is 0 Å². The second-order valence-electron chi connectivity index (χ2n) is 6.18. The summed E-state index contributed by atoms with van der Waals surface area (Å²) in [4.78, 5) is 0. The first kappa shape index (κ1) is 14.8. The van der Waals surface area contributed by atoms with Gasteiger partial charge in [0.25, 0.3) is 0 Å².